The van der Waals surface area contributed by atoms with E-state index in [9.17, 15) is 20.0 Å². The Kier molecular flexibility index (Phi) is 10.9. The van der Waals surface area contributed by atoms with Gasteiger partial charge in [0.2, 0.25) is 17.8 Å². The molecular weight excluding hydrogens is 454 g/mol. The molecule has 11 heteroatoms. The first-order valence-electron chi connectivity index (χ1n) is 11.4. The minimum Gasteiger partial charge on any atom is -0.394 e. The van der Waals surface area contributed by atoms with Gasteiger partial charge in [0, 0.05) is 25.7 Å². The second-order valence-corrected chi connectivity index (χ2v) is 9.59. The van der Waals surface area contributed by atoms with Gasteiger partial charge in [0.1, 0.15) is 11.7 Å². The fourth-order valence-corrected chi connectivity index (χ4v) is 5.10. The summed E-state index contributed by atoms with van der Waals surface area (Å²) >= 11 is 1.47. The number of rotatable bonds is 13. The van der Waals surface area contributed by atoms with Crippen molar-refractivity contribution in [3.05, 3.63) is 12.3 Å². The molecule has 34 heavy (non-hydrogen) atoms. The second kappa shape index (κ2) is 13.6. The zero-order valence-corrected chi connectivity index (χ0v) is 20.6. The molecule has 0 spiro atoms. The van der Waals surface area contributed by atoms with Crippen LogP contribution in [0.15, 0.2) is 12.3 Å². The predicted octanol–water partition coefficient (Wildman–Crippen LogP) is 1.28. The van der Waals surface area contributed by atoms with E-state index in [0.29, 0.717) is 31.3 Å². The number of aromatic nitrogens is 2. The molecule has 1 saturated heterocycles. The number of nitrogens with zero attached hydrogens (tertiary/aromatic N) is 4. The fraction of sp³-hybridized carbons (Fsp3) is 0.609. The van der Waals surface area contributed by atoms with Crippen molar-refractivity contribution in [1.29, 1.82) is 5.26 Å². The highest BCUT2D eigenvalue weighted by Crippen LogP contribution is 2.36. The quantitative estimate of drug-likeness (QED) is 0.302. The number of anilines is 2. The van der Waals surface area contributed by atoms with Crippen LogP contribution in [-0.4, -0.2) is 74.7 Å². The molecule has 4 atom stereocenters. The molecule has 0 bridgehead atoms. The van der Waals surface area contributed by atoms with E-state index in [1.54, 1.807) is 17.2 Å². The monoisotopic (exact) mass is 487 g/mol. The molecule has 10 nitrogen and oxygen atoms in total. The first-order chi connectivity index (χ1) is 16.3. The Morgan fingerprint density at radius 2 is 2.21 bits per heavy atom. The van der Waals surface area contributed by atoms with Gasteiger partial charge in [0.05, 0.1) is 35.9 Å². The van der Waals surface area contributed by atoms with Crippen molar-refractivity contribution in [2.45, 2.75) is 50.3 Å². The number of thioether (sulfide) groups is 1. The molecule has 1 aromatic heterocycles. The van der Waals surface area contributed by atoms with E-state index < -0.39 is 11.8 Å². The van der Waals surface area contributed by atoms with Crippen LogP contribution in [0.4, 0.5) is 11.8 Å². The third-order valence-electron chi connectivity index (χ3n) is 5.52. The standard InChI is InChI=1S/C23H33N7O3S/c1-5-9-25-21(32)16(13-24)12-20-30(6-2)22(33)18(34-20)7-10-26-23-27-11-8-19(29-23)28-17(14-31)15(3)4/h1,8,11,15-18,20,31H,6-7,9-10,12,14H2,2-4H3,(H,25,32)(H2,26,27,28,29)/t16?,17-,18?,20?/m0/s1. The van der Waals surface area contributed by atoms with E-state index in [0.717, 1.165) is 0 Å². The lowest BCUT2D eigenvalue weighted by Crippen LogP contribution is -2.38. The summed E-state index contributed by atoms with van der Waals surface area (Å²) in [5.41, 5.74) is 0. The first kappa shape index (κ1) is 27.2. The molecule has 0 aromatic carbocycles. The summed E-state index contributed by atoms with van der Waals surface area (Å²) in [6.07, 6.45) is 7.59. The molecule has 1 fully saturated rings. The Morgan fingerprint density at radius 1 is 1.44 bits per heavy atom. The highest BCUT2D eigenvalue weighted by molar-refractivity contribution is 8.01. The average Bonchev–Trinajstić information content (AvgIpc) is 3.13. The molecule has 2 rings (SSSR count). The van der Waals surface area contributed by atoms with Crippen molar-refractivity contribution >= 4 is 35.3 Å². The van der Waals surface area contributed by atoms with Crippen molar-refractivity contribution in [2.24, 2.45) is 11.8 Å². The predicted molar refractivity (Wildman–Crippen MR) is 133 cm³/mol. The summed E-state index contributed by atoms with van der Waals surface area (Å²) in [6.45, 7) is 6.96. The maximum atomic E-state index is 12.9. The van der Waals surface area contributed by atoms with Crippen LogP contribution < -0.4 is 16.0 Å². The smallest absolute Gasteiger partial charge is 0.238 e. The highest BCUT2D eigenvalue weighted by atomic mass is 32.2. The molecule has 0 aliphatic carbocycles. The summed E-state index contributed by atoms with van der Waals surface area (Å²) in [4.78, 5) is 35.4. The third kappa shape index (κ3) is 7.51. The van der Waals surface area contributed by atoms with E-state index in [1.807, 2.05) is 26.8 Å². The SMILES string of the molecule is C#CCNC(=O)C(C#N)CC1SC(CCNc2nccc(N[C@@H](CO)C(C)C)n2)C(=O)N1CC. The average molecular weight is 488 g/mol. The summed E-state index contributed by atoms with van der Waals surface area (Å²) in [5, 5.41) is 27.3. The lowest BCUT2D eigenvalue weighted by Gasteiger charge is -2.23. The van der Waals surface area contributed by atoms with Crippen molar-refractivity contribution in [3.8, 4) is 18.4 Å². The molecule has 1 aliphatic heterocycles. The number of hydrogen-bond acceptors (Lipinski definition) is 9. The highest BCUT2D eigenvalue weighted by Gasteiger charge is 2.40. The van der Waals surface area contributed by atoms with Crippen LogP contribution in [0.5, 0.6) is 0 Å². The van der Waals surface area contributed by atoms with Crippen LogP contribution in [0.25, 0.3) is 0 Å². The zero-order valence-electron chi connectivity index (χ0n) is 19.8. The maximum absolute atomic E-state index is 12.9. The Morgan fingerprint density at radius 3 is 2.82 bits per heavy atom. The molecule has 4 N–H and O–H groups in total. The van der Waals surface area contributed by atoms with Gasteiger partial charge >= 0.3 is 0 Å². The van der Waals surface area contributed by atoms with Gasteiger partial charge < -0.3 is 26.0 Å². The Bertz CT molecular complexity index is 915. The van der Waals surface area contributed by atoms with Gasteiger partial charge in [-0.25, -0.2) is 4.98 Å². The van der Waals surface area contributed by atoms with Crippen LogP contribution in [0.2, 0.25) is 0 Å². The first-order valence-corrected chi connectivity index (χ1v) is 12.3. The minimum atomic E-state index is -0.873. The number of amides is 2. The summed E-state index contributed by atoms with van der Waals surface area (Å²) < 4.78 is 0. The second-order valence-electron chi connectivity index (χ2n) is 8.20. The number of nitriles is 1. The Hall–Kier alpha value is -3.02. The van der Waals surface area contributed by atoms with Crippen LogP contribution in [0, 0.1) is 35.5 Å². The van der Waals surface area contributed by atoms with Gasteiger partial charge in [-0.15, -0.1) is 18.2 Å². The Balaban J connectivity index is 1.92. The van der Waals surface area contributed by atoms with E-state index in [1.165, 1.54) is 11.8 Å². The topological polar surface area (TPSA) is 143 Å². The van der Waals surface area contributed by atoms with Crippen molar-refractivity contribution < 1.29 is 14.7 Å². The van der Waals surface area contributed by atoms with Crippen molar-refractivity contribution in [1.82, 2.24) is 20.2 Å². The van der Waals surface area contributed by atoms with Crippen LogP contribution in [0.3, 0.4) is 0 Å². The normalized spacial score (nSPS) is 19.3. The van der Waals surface area contributed by atoms with Gasteiger partial charge in [0.25, 0.3) is 0 Å². The third-order valence-corrected chi connectivity index (χ3v) is 7.05. The molecule has 0 saturated carbocycles. The number of carbonyl (C=O) groups excluding carboxylic acids is 2. The molecule has 1 aliphatic rings. The minimum absolute atomic E-state index is 0.000852. The molecule has 2 heterocycles. The van der Waals surface area contributed by atoms with Crippen LogP contribution in [0.1, 0.15) is 33.6 Å². The van der Waals surface area contributed by atoms with E-state index in [2.05, 4.69) is 31.8 Å². The van der Waals surface area contributed by atoms with Gasteiger partial charge in [0.15, 0.2) is 0 Å². The molecule has 0 radical (unpaired) electrons. The molecule has 2 amide bonds. The molecule has 1 aromatic rings. The summed E-state index contributed by atoms with van der Waals surface area (Å²) in [7, 11) is 0. The van der Waals surface area contributed by atoms with Crippen LogP contribution in [-0.2, 0) is 9.59 Å². The maximum Gasteiger partial charge on any atom is 0.238 e. The van der Waals surface area contributed by atoms with E-state index in [4.69, 9.17) is 6.42 Å². The van der Waals surface area contributed by atoms with Gasteiger partial charge in [-0.05, 0) is 25.3 Å². The van der Waals surface area contributed by atoms with E-state index >= 15 is 0 Å². The summed E-state index contributed by atoms with van der Waals surface area (Å²) in [6, 6.07) is 3.65. The number of carbonyl (C=O) groups is 2. The summed E-state index contributed by atoms with van der Waals surface area (Å²) in [5.74, 6) is 2.31. The number of nitrogens with one attached hydrogen (secondary N) is 3. The number of aliphatic hydroxyl groups excluding tert-OH is 1. The number of terminal acetylenes is 1. The van der Waals surface area contributed by atoms with Gasteiger partial charge in [-0.3, -0.25) is 9.59 Å². The zero-order chi connectivity index (χ0) is 25.1. The van der Waals surface area contributed by atoms with E-state index in [-0.39, 0.29) is 48.1 Å². The number of hydrogen-bond donors (Lipinski definition) is 4. The Labute approximate surface area is 205 Å². The van der Waals surface area contributed by atoms with Gasteiger partial charge in [-0.2, -0.15) is 10.2 Å². The van der Waals surface area contributed by atoms with Crippen LogP contribution >= 0.6 is 11.8 Å². The van der Waals surface area contributed by atoms with Crippen molar-refractivity contribution in [2.75, 3.05) is 36.9 Å². The largest absolute Gasteiger partial charge is 0.394 e. The number of aliphatic hydroxyl groups is 1. The fourth-order valence-electron chi connectivity index (χ4n) is 3.52. The molecule has 3 unspecified atom stereocenters. The van der Waals surface area contributed by atoms with Crippen molar-refractivity contribution in [3.63, 3.8) is 0 Å². The molecule has 184 valence electrons. The van der Waals surface area contributed by atoms with Gasteiger partial charge in [-0.1, -0.05) is 19.8 Å². The molecular formula is C23H33N7O3S. The lowest BCUT2D eigenvalue weighted by atomic mass is 10.1. The lowest BCUT2D eigenvalue weighted by molar-refractivity contribution is -0.131.